The topological polar surface area (TPSA) is 78.7 Å². The molecule has 0 radical (unpaired) electrons. The first kappa shape index (κ1) is 19.5. The molecule has 1 saturated heterocycles. The molecule has 0 bridgehead atoms. The van der Waals surface area contributed by atoms with Crippen molar-refractivity contribution in [1.29, 1.82) is 0 Å². The fraction of sp³-hybridized carbons (Fsp3) is 0.263. The van der Waals surface area contributed by atoms with Crippen molar-refractivity contribution in [1.82, 2.24) is 4.90 Å². The van der Waals surface area contributed by atoms with Gasteiger partial charge in [-0.3, -0.25) is 14.5 Å². The number of para-hydroxylation sites is 1. The first-order chi connectivity index (χ1) is 12.9. The predicted molar refractivity (Wildman–Crippen MR) is 109 cm³/mol. The van der Waals surface area contributed by atoms with Crippen molar-refractivity contribution < 1.29 is 9.59 Å². The van der Waals surface area contributed by atoms with Gasteiger partial charge in [-0.25, -0.2) is 0 Å². The summed E-state index contributed by atoms with van der Waals surface area (Å²) in [5, 5.41) is 3.83. The van der Waals surface area contributed by atoms with Gasteiger partial charge >= 0.3 is 0 Å². The van der Waals surface area contributed by atoms with Crippen molar-refractivity contribution in [2.45, 2.75) is 0 Å². The Labute approximate surface area is 167 Å². The number of hydrogen-bond donors (Lipinski definition) is 2. The first-order valence-electron chi connectivity index (χ1n) is 8.55. The van der Waals surface area contributed by atoms with E-state index < -0.39 is 5.91 Å². The number of carbonyl (C=O) groups is 2. The number of nitrogens with two attached hydrogens (primary N) is 1. The highest BCUT2D eigenvalue weighted by atomic mass is 35.5. The Bertz CT molecular complexity index is 851. The van der Waals surface area contributed by atoms with E-state index in [4.69, 9.17) is 28.9 Å². The molecule has 0 spiro atoms. The van der Waals surface area contributed by atoms with Gasteiger partial charge in [0.2, 0.25) is 5.91 Å². The molecule has 0 aliphatic carbocycles. The fourth-order valence-corrected chi connectivity index (χ4v) is 3.34. The van der Waals surface area contributed by atoms with Crippen LogP contribution < -0.4 is 16.0 Å². The van der Waals surface area contributed by atoms with Gasteiger partial charge < -0.3 is 16.0 Å². The molecule has 3 rings (SSSR count). The summed E-state index contributed by atoms with van der Waals surface area (Å²) in [5.74, 6) is -0.743. The summed E-state index contributed by atoms with van der Waals surface area (Å²) in [4.78, 5) is 28.1. The quantitative estimate of drug-likeness (QED) is 0.799. The molecule has 1 fully saturated rings. The second-order valence-corrected chi connectivity index (χ2v) is 7.13. The van der Waals surface area contributed by atoms with Crippen LogP contribution in [0.3, 0.4) is 0 Å². The van der Waals surface area contributed by atoms with Crippen molar-refractivity contribution in [3.8, 4) is 0 Å². The molecule has 2 amide bonds. The molecule has 1 aliphatic heterocycles. The van der Waals surface area contributed by atoms with Crippen LogP contribution in [-0.4, -0.2) is 49.4 Å². The van der Waals surface area contributed by atoms with Crippen LogP contribution in [-0.2, 0) is 4.79 Å². The Morgan fingerprint density at radius 3 is 2.37 bits per heavy atom. The Morgan fingerprint density at radius 2 is 1.70 bits per heavy atom. The molecular formula is C19H20Cl2N4O2. The zero-order valence-electron chi connectivity index (χ0n) is 14.6. The minimum Gasteiger partial charge on any atom is -0.369 e. The number of piperazine rings is 1. The van der Waals surface area contributed by atoms with E-state index in [0.29, 0.717) is 21.3 Å². The van der Waals surface area contributed by atoms with Crippen LogP contribution in [0.25, 0.3) is 0 Å². The fourth-order valence-electron chi connectivity index (χ4n) is 3.05. The third-order valence-electron chi connectivity index (χ3n) is 4.47. The maximum Gasteiger partial charge on any atom is 0.250 e. The van der Waals surface area contributed by atoms with E-state index in [-0.39, 0.29) is 12.5 Å². The monoisotopic (exact) mass is 406 g/mol. The third-order valence-corrected chi connectivity index (χ3v) is 5.21. The maximum atomic E-state index is 12.3. The molecule has 2 aromatic rings. The van der Waals surface area contributed by atoms with Gasteiger partial charge in [-0.15, -0.1) is 0 Å². The van der Waals surface area contributed by atoms with Crippen LogP contribution in [0.4, 0.5) is 11.4 Å². The molecule has 1 heterocycles. The second-order valence-electron chi connectivity index (χ2n) is 6.32. The molecular weight excluding hydrogens is 387 g/mol. The van der Waals surface area contributed by atoms with E-state index in [1.807, 2.05) is 12.1 Å². The van der Waals surface area contributed by atoms with Crippen molar-refractivity contribution in [3.63, 3.8) is 0 Å². The number of anilines is 2. The summed E-state index contributed by atoms with van der Waals surface area (Å²) in [7, 11) is 0. The van der Waals surface area contributed by atoms with Crippen LogP contribution in [0.2, 0.25) is 10.0 Å². The summed E-state index contributed by atoms with van der Waals surface area (Å²) < 4.78 is 0. The summed E-state index contributed by atoms with van der Waals surface area (Å²) in [6.07, 6.45) is 0. The highest BCUT2D eigenvalue weighted by Gasteiger charge is 2.20. The van der Waals surface area contributed by atoms with Crippen LogP contribution in [0, 0.1) is 0 Å². The lowest BCUT2D eigenvalue weighted by Gasteiger charge is -2.35. The van der Waals surface area contributed by atoms with Crippen LogP contribution in [0.15, 0.2) is 42.5 Å². The lowest BCUT2D eigenvalue weighted by molar-refractivity contribution is -0.117. The molecule has 6 nitrogen and oxygen atoms in total. The van der Waals surface area contributed by atoms with Crippen LogP contribution in [0.1, 0.15) is 10.4 Å². The summed E-state index contributed by atoms with van der Waals surface area (Å²) >= 11 is 12.1. The van der Waals surface area contributed by atoms with E-state index in [0.717, 1.165) is 31.9 Å². The van der Waals surface area contributed by atoms with Crippen molar-refractivity contribution in [2.24, 2.45) is 5.73 Å². The van der Waals surface area contributed by atoms with Gasteiger partial charge in [0.25, 0.3) is 5.91 Å². The molecule has 1 aliphatic rings. The van der Waals surface area contributed by atoms with E-state index in [1.54, 1.807) is 30.3 Å². The minimum atomic E-state index is -0.568. The van der Waals surface area contributed by atoms with E-state index in [2.05, 4.69) is 15.1 Å². The van der Waals surface area contributed by atoms with Crippen molar-refractivity contribution >= 4 is 46.4 Å². The molecule has 0 unspecified atom stereocenters. The van der Waals surface area contributed by atoms with Gasteiger partial charge in [0.15, 0.2) is 0 Å². The third kappa shape index (κ3) is 4.91. The molecule has 3 N–H and O–H groups in total. The van der Waals surface area contributed by atoms with Gasteiger partial charge in [0.05, 0.1) is 27.8 Å². The number of hydrogen-bond acceptors (Lipinski definition) is 4. The number of benzene rings is 2. The Kier molecular flexibility index (Phi) is 6.21. The van der Waals surface area contributed by atoms with Crippen molar-refractivity contribution in [3.05, 3.63) is 58.1 Å². The largest absolute Gasteiger partial charge is 0.369 e. The SMILES string of the molecule is NC(=O)c1ccccc1NC(=O)CN1CCN(c2ccc(Cl)c(Cl)c2)CC1. The van der Waals surface area contributed by atoms with E-state index in [1.165, 1.54) is 0 Å². The Morgan fingerprint density at radius 1 is 1.00 bits per heavy atom. The van der Waals surface area contributed by atoms with Gasteiger partial charge in [-0.1, -0.05) is 35.3 Å². The Balaban J connectivity index is 1.54. The molecule has 2 aromatic carbocycles. The number of nitrogens with zero attached hydrogens (tertiary/aromatic N) is 2. The highest BCUT2D eigenvalue weighted by molar-refractivity contribution is 6.42. The molecule has 0 atom stereocenters. The lowest BCUT2D eigenvalue weighted by atomic mass is 10.1. The number of amides is 2. The zero-order valence-corrected chi connectivity index (χ0v) is 16.1. The number of carbonyl (C=O) groups excluding carboxylic acids is 2. The predicted octanol–water partition coefficient (Wildman–Crippen LogP) is 2.85. The summed E-state index contributed by atoms with van der Waals surface area (Å²) in [6, 6.07) is 12.3. The maximum absolute atomic E-state index is 12.3. The average molecular weight is 407 g/mol. The normalized spacial score (nSPS) is 14.8. The van der Waals surface area contributed by atoms with Crippen LogP contribution in [0.5, 0.6) is 0 Å². The van der Waals surface area contributed by atoms with Gasteiger partial charge in [0.1, 0.15) is 0 Å². The van der Waals surface area contributed by atoms with Gasteiger partial charge in [-0.2, -0.15) is 0 Å². The van der Waals surface area contributed by atoms with Gasteiger partial charge in [-0.05, 0) is 30.3 Å². The molecule has 27 heavy (non-hydrogen) atoms. The molecule has 8 heteroatoms. The smallest absolute Gasteiger partial charge is 0.250 e. The zero-order chi connectivity index (χ0) is 19.4. The summed E-state index contributed by atoms with van der Waals surface area (Å²) in [6.45, 7) is 3.30. The number of nitrogens with one attached hydrogen (secondary N) is 1. The molecule has 142 valence electrons. The van der Waals surface area contributed by atoms with E-state index >= 15 is 0 Å². The Hall–Kier alpha value is -2.28. The first-order valence-corrected chi connectivity index (χ1v) is 9.30. The van der Waals surface area contributed by atoms with Crippen LogP contribution >= 0.6 is 23.2 Å². The number of rotatable bonds is 5. The van der Waals surface area contributed by atoms with Gasteiger partial charge in [0, 0.05) is 31.9 Å². The molecule has 0 saturated carbocycles. The highest BCUT2D eigenvalue weighted by Crippen LogP contribution is 2.27. The second kappa shape index (κ2) is 8.61. The van der Waals surface area contributed by atoms with Crippen molar-refractivity contribution in [2.75, 3.05) is 42.9 Å². The summed E-state index contributed by atoms with van der Waals surface area (Å²) in [5.41, 5.74) is 7.09. The number of primary amides is 1. The lowest BCUT2D eigenvalue weighted by Crippen LogP contribution is -2.48. The number of halogens is 2. The minimum absolute atomic E-state index is 0.174. The standard InChI is InChI=1S/C19H20Cl2N4O2/c20-15-6-5-13(11-16(15)21)25-9-7-24(8-10-25)12-18(26)23-17-4-2-1-3-14(17)19(22)27/h1-6,11H,7-10,12H2,(H2,22,27)(H,23,26). The molecule has 0 aromatic heterocycles. The average Bonchev–Trinajstić information content (AvgIpc) is 2.65. The van der Waals surface area contributed by atoms with E-state index in [9.17, 15) is 9.59 Å².